The van der Waals surface area contributed by atoms with Crippen molar-refractivity contribution < 1.29 is 27.8 Å². The lowest BCUT2D eigenvalue weighted by Gasteiger charge is -2.25. The molecule has 1 saturated carbocycles. The molecule has 8 rings (SSSR count). The van der Waals surface area contributed by atoms with Crippen LogP contribution < -0.4 is 10.2 Å². The van der Waals surface area contributed by atoms with E-state index >= 15 is 0 Å². The van der Waals surface area contributed by atoms with Crippen LogP contribution in [0.25, 0.3) is 11.2 Å². The average molecular weight is 744 g/mol. The second-order valence-corrected chi connectivity index (χ2v) is 14.5. The van der Waals surface area contributed by atoms with Gasteiger partial charge in [-0.15, -0.1) is 0 Å². The van der Waals surface area contributed by atoms with Crippen molar-refractivity contribution in [2.24, 2.45) is 0 Å². The molecule has 2 aliphatic heterocycles. The highest BCUT2D eigenvalue weighted by atomic mass is 19.4. The van der Waals surface area contributed by atoms with Crippen molar-refractivity contribution in [1.82, 2.24) is 34.2 Å². The first kappa shape index (κ1) is 36.0. The lowest BCUT2D eigenvalue weighted by atomic mass is 9.91. The summed E-state index contributed by atoms with van der Waals surface area (Å²) in [6.45, 7) is 6.11. The van der Waals surface area contributed by atoms with Crippen LogP contribution in [0.5, 0.6) is 0 Å². The molecule has 1 aliphatic carbocycles. The Hall–Kier alpha value is -5.02. The predicted octanol–water partition coefficient (Wildman–Crippen LogP) is 5.52. The standard InChI is InChI=1S/C39H44F3N9O3/c1-2-25-20-45-51(22-25)31-19-30(33(52)34(31)54-37(53)39(40,41)42)50-24-44-32-35(43-21-29(26-11-5-3-6-12-26)27-13-7-4-8-14-27)46-38(47-36(32)50)49-18-15-28(23-49)48-16-9-10-17-48/h3-8,11-14,20,22,24,28-31,33-34,52H,2,9-10,15-19,21,23H2,1H3,(H,43,46,47)/t28-,30-,31+,33+,34-/m1/s1. The van der Waals surface area contributed by atoms with Crippen molar-refractivity contribution in [1.29, 1.82) is 0 Å². The number of carbonyl (C=O) groups excluding carboxylic acids is 1. The van der Waals surface area contributed by atoms with E-state index in [1.807, 2.05) is 43.3 Å². The van der Waals surface area contributed by atoms with Crippen LogP contribution in [0.2, 0.25) is 0 Å². The summed E-state index contributed by atoms with van der Waals surface area (Å²) < 4.78 is 48.6. The summed E-state index contributed by atoms with van der Waals surface area (Å²) in [5.74, 6) is -1.36. The molecule has 2 N–H and O–H groups in total. The monoisotopic (exact) mass is 743 g/mol. The third-order valence-corrected chi connectivity index (χ3v) is 11.2. The molecule has 0 radical (unpaired) electrons. The van der Waals surface area contributed by atoms with Crippen molar-refractivity contribution in [3.8, 4) is 0 Å². The number of halogens is 3. The van der Waals surface area contributed by atoms with Crippen LogP contribution in [0.1, 0.15) is 67.3 Å². The van der Waals surface area contributed by atoms with E-state index in [2.05, 4.69) is 44.5 Å². The molecule has 12 nitrogen and oxygen atoms in total. The minimum absolute atomic E-state index is 0.0159. The Kier molecular flexibility index (Phi) is 10.0. The molecular weight excluding hydrogens is 699 g/mol. The van der Waals surface area contributed by atoms with Gasteiger partial charge in [-0.3, -0.25) is 9.58 Å². The van der Waals surface area contributed by atoms with Crippen molar-refractivity contribution in [2.75, 3.05) is 42.9 Å². The quantitative estimate of drug-likeness (QED) is 0.167. The third-order valence-electron chi connectivity index (χ3n) is 11.2. The summed E-state index contributed by atoms with van der Waals surface area (Å²) in [7, 11) is 0. The molecule has 2 saturated heterocycles. The maximum absolute atomic E-state index is 13.5. The third kappa shape index (κ3) is 7.14. The predicted molar refractivity (Wildman–Crippen MR) is 196 cm³/mol. The number of benzene rings is 2. The van der Waals surface area contributed by atoms with E-state index in [9.17, 15) is 23.1 Å². The van der Waals surface area contributed by atoms with Gasteiger partial charge in [0.2, 0.25) is 5.95 Å². The number of ether oxygens (including phenoxy) is 1. The Labute approximate surface area is 311 Å². The van der Waals surface area contributed by atoms with E-state index in [4.69, 9.17) is 19.7 Å². The van der Waals surface area contributed by atoms with Gasteiger partial charge in [0.05, 0.1) is 24.6 Å². The van der Waals surface area contributed by atoms with E-state index in [1.165, 1.54) is 23.9 Å². The number of aliphatic hydroxyl groups excluding tert-OH is 1. The number of nitrogens with one attached hydrogen (secondary N) is 1. The molecule has 3 fully saturated rings. The lowest BCUT2D eigenvalue weighted by molar-refractivity contribution is -0.210. The second-order valence-electron chi connectivity index (χ2n) is 14.5. The number of fused-ring (bicyclic) bond motifs is 1. The summed E-state index contributed by atoms with van der Waals surface area (Å²) in [6, 6.07) is 19.1. The first-order valence-electron chi connectivity index (χ1n) is 18.7. The average Bonchev–Trinajstić information content (AvgIpc) is 4.03. The number of hydrogen-bond donors (Lipinski definition) is 2. The molecule has 15 heteroatoms. The first-order valence-corrected chi connectivity index (χ1v) is 18.7. The number of aromatic nitrogens is 6. The number of likely N-dealkylation sites (tertiary alicyclic amines) is 1. The molecule has 0 unspecified atom stereocenters. The molecule has 0 amide bonds. The Bertz CT molecular complexity index is 2010. The highest BCUT2D eigenvalue weighted by Gasteiger charge is 2.51. The van der Waals surface area contributed by atoms with E-state index in [-0.39, 0.29) is 12.3 Å². The van der Waals surface area contributed by atoms with E-state index in [1.54, 1.807) is 17.0 Å². The van der Waals surface area contributed by atoms with Crippen LogP contribution >= 0.6 is 0 Å². The number of anilines is 2. The first-order chi connectivity index (χ1) is 26.2. The van der Waals surface area contributed by atoms with Crippen LogP contribution in [0.3, 0.4) is 0 Å². The molecule has 0 spiro atoms. The van der Waals surface area contributed by atoms with Crippen molar-refractivity contribution >= 4 is 28.9 Å². The summed E-state index contributed by atoms with van der Waals surface area (Å²) in [4.78, 5) is 31.7. The molecular formula is C39H44F3N9O3. The van der Waals surface area contributed by atoms with Gasteiger partial charge in [0.1, 0.15) is 6.10 Å². The Balaban J connectivity index is 1.17. The lowest BCUT2D eigenvalue weighted by Crippen LogP contribution is -2.39. The number of esters is 1. The Morgan fingerprint density at radius 1 is 1.00 bits per heavy atom. The Morgan fingerprint density at radius 2 is 1.70 bits per heavy atom. The van der Waals surface area contributed by atoms with E-state index in [0.717, 1.165) is 49.3 Å². The second kappa shape index (κ2) is 15.0. The minimum Gasteiger partial charge on any atom is -0.451 e. The highest BCUT2D eigenvalue weighted by molar-refractivity contribution is 5.84. The summed E-state index contributed by atoms with van der Waals surface area (Å²) in [5.41, 5.74) is 4.00. The van der Waals surface area contributed by atoms with Crippen molar-refractivity contribution in [3.63, 3.8) is 0 Å². The van der Waals surface area contributed by atoms with Gasteiger partial charge in [0.25, 0.3) is 0 Å². The van der Waals surface area contributed by atoms with Gasteiger partial charge >= 0.3 is 12.1 Å². The maximum atomic E-state index is 13.5. The normalized spacial score (nSPS) is 23.5. The van der Waals surface area contributed by atoms with Crippen LogP contribution in [0.4, 0.5) is 24.9 Å². The fourth-order valence-corrected chi connectivity index (χ4v) is 8.32. The molecule has 284 valence electrons. The van der Waals surface area contributed by atoms with Gasteiger partial charge in [0.15, 0.2) is 23.1 Å². The summed E-state index contributed by atoms with van der Waals surface area (Å²) >= 11 is 0. The summed E-state index contributed by atoms with van der Waals surface area (Å²) in [6.07, 6.45) is 0.722. The van der Waals surface area contributed by atoms with E-state index < -0.39 is 36.4 Å². The number of nitrogens with zero attached hydrogens (tertiary/aromatic N) is 8. The minimum atomic E-state index is -5.23. The van der Waals surface area contributed by atoms with Crippen molar-refractivity contribution in [2.45, 2.75) is 81.5 Å². The van der Waals surface area contributed by atoms with Gasteiger partial charge in [0, 0.05) is 37.8 Å². The number of rotatable bonds is 11. The van der Waals surface area contributed by atoms with Gasteiger partial charge in [-0.1, -0.05) is 67.6 Å². The molecule has 3 aliphatic rings. The fourth-order valence-electron chi connectivity index (χ4n) is 8.32. The van der Waals surface area contributed by atoms with Crippen LogP contribution in [-0.2, 0) is 16.0 Å². The number of alkyl halides is 3. The van der Waals surface area contributed by atoms with Gasteiger partial charge in [-0.25, -0.2) is 9.78 Å². The van der Waals surface area contributed by atoms with Crippen LogP contribution in [0.15, 0.2) is 79.4 Å². The van der Waals surface area contributed by atoms with E-state index in [0.29, 0.717) is 41.9 Å². The molecule has 5 atom stereocenters. The zero-order valence-corrected chi connectivity index (χ0v) is 30.0. The number of aliphatic hydroxyl groups is 1. The number of carbonyl (C=O) groups is 1. The molecule has 0 bridgehead atoms. The van der Waals surface area contributed by atoms with Gasteiger partial charge in [-0.05, 0) is 61.9 Å². The zero-order valence-electron chi connectivity index (χ0n) is 30.0. The van der Waals surface area contributed by atoms with Gasteiger partial charge in [-0.2, -0.15) is 28.2 Å². The molecule has 3 aromatic heterocycles. The number of hydrogen-bond acceptors (Lipinski definition) is 10. The largest absolute Gasteiger partial charge is 0.490 e. The summed E-state index contributed by atoms with van der Waals surface area (Å²) in [5, 5.41) is 19.7. The molecule has 2 aromatic carbocycles. The fraction of sp³-hybridized carbons (Fsp3) is 0.462. The van der Waals surface area contributed by atoms with Crippen LogP contribution in [0, 0.1) is 0 Å². The zero-order chi connectivity index (χ0) is 37.4. The maximum Gasteiger partial charge on any atom is 0.490 e. The van der Waals surface area contributed by atoms with Gasteiger partial charge < -0.3 is 24.6 Å². The van der Waals surface area contributed by atoms with Crippen molar-refractivity contribution in [3.05, 3.63) is 96.1 Å². The molecule has 5 heterocycles. The SMILES string of the molecule is CCc1cnn([C@H]2C[C@@H](n3cnc4c(NCC(c5ccccc5)c5ccccc5)nc(N5CC[C@@H](N6CCCC6)C5)nc43)[C@H](O)[C@@H]2OC(=O)C(F)(F)F)c1. The molecule has 5 aromatic rings. The smallest absolute Gasteiger partial charge is 0.451 e. The number of aryl methyl sites for hydroxylation is 1. The highest BCUT2D eigenvalue weighted by Crippen LogP contribution is 2.43. The number of imidazole rings is 1. The topological polar surface area (TPSA) is 126 Å². The van der Waals surface area contributed by atoms with Crippen LogP contribution in [-0.4, -0.2) is 102 Å². The Morgan fingerprint density at radius 3 is 2.35 bits per heavy atom. The molecule has 54 heavy (non-hydrogen) atoms.